The molecular weight excluding hydrogens is 386 g/mol. The van der Waals surface area contributed by atoms with Crippen LogP contribution in [-0.4, -0.2) is 92.7 Å². The van der Waals surface area contributed by atoms with Crippen LogP contribution in [0.25, 0.3) is 0 Å². The molecule has 0 aromatic heterocycles. The lowest BCUT2D eigenvalue weighted by atomic mass is 9.83. The lowest BCUT2D eigenvalue weighted by Gasteiger charge is -2.48. The van der Waals surface area contributed by atoms with Crippen LogP contribution in [0, 0.1) is 16.0 Å². The highest BCUT2D eigenvalue weighted by molar-refractivity contribution is 5.82. The molecule has 30 heavy (non-hydrogen) atoms. The van der Waals surface area contributed by atoms with Crippen molar-refractivity contribution in [2.75, 3.05) is 71.0 Å². The normalized spacial score (nSPS) is 24.8. The van der Waals surface area contributed by atoms with Crippen LogP contribution in [0.2, 0.25) is 0 Å². The molecule has 1 amide bonds. The number of non-ortho nitro benzene ring substituents is 1. The van der Waals surface area contributed by atoms with Crippen molar-refractivity contribution < 1.29 is 14.5 Å². The molecule has 2 atom stereocenters. The SMILES string of the molecule is CN1CCN2c3ccc([N+](=O)[O-])cc3CC(C(=O)NCCCN3CCOCC3)C2C1. The lowest BCUT2D eigenvalue weighted by molar-refractivity contribution is -0.384. The number of anilines is 1. The van der Waals surface area contributed by atoms with Crippen LogP contribution < -0.4 is 10.2 Å². The molecule has 2 fully saturated rings. The first-order valence-electron chi connectivity index (χ1n) is 10.8. The standard InChI is InChI=1S/C21H31N5O4/c1-23-7-8-25-19-4-3-17(26(28)29)13-16(19)14-18(20(25)15-23)21(27)22-5-2-6-24-9-11-30-12-10-24/h3-4,13,18,20H,2,5-12,14-15H2,1H3,(H,22,27). The van der Waals surface area contributed by atoms with Gasteiger partial charge in [0.25, 0.3) is 5.69 Å². The summed E-state index contributed by atoms with van der Waals surface area (Å²) in [6, 6.07) is 5.15. The minimum atomic E-state index is -0.364. The van der Waals surface area contributed by atoms with Gasteiger partial charge in [0.1, 0.15) is 0 Å². The quantitative estimate of drug-likeness (QED) is 0.414. The number of morpholine rings is 1. The number of carbonyl (C=O) groups excluding carboxylic acids is 1. The van der Waals surface area contributed by atoms with Crippen molar-refractivity contribution in [2.45, 2.75) is 18.9 Å². The first kappa shape index (κ1) is 21.0. The highest BCUT2D eigenvalue weighted by Gasteiger charge is 2.41. The number of hydrogen-bond donors (Lipinski definition) is 1. The zero-order valence-corrected chi connectivity index (χ0v) is 17.6. The van der Waals surface area contributed by atoms with Gasteiger partial charge in [-0.2, -0.15) is 0 Å². The van der Waals surface area contributed by atoms with Gasteiger partial charge in [-0.25, -0.2) is 0 Å². The predicted octanol–water partition coefficient (Wildman–Crippen LogP) is 0.726. The fraction of sp³-hybridized carbons (Fsp3) is 0.667. The second kappa shape index (κ2) is 9.28. The zero-order valence-electron chi connectivity index (χ0n) is 17.6. The Morgan fingerprint density at radius 1 is 1.27 bits per heavy atom. The average molecular weight is 418 g/mol. The Bertz CT molecular complexity index is 783. The van der Waals surface area contributed by atoms with Crippen molar-refractivity contribution in [1.29, 1.82) is 0 Å². The summed E-state index contributed by atoms with van der Waals surface area (Å²) in [5.41, 5.74) is 2.03. The molecule has 3 aliphatic rings. The molecule has 9 heteroatoms. The van der Waals surface area contributed by atoms with E-state index in [4.69, 9.17) is 4.74 Å². The van der Waals surface area contributed by atoms with E-state index in [1.165, 1.54) is 0 Å². The van der Waals surface area contributed by atoms with E-state index in [1.54, 1.807) is 12.1 Å². The van der Waals surface area contributed by atoms with Gasteiger partial charge >= 0.3 is 0 Å². The fourth-order valence-corrected chi connectivity index (χ4v) is 4.84. The van der Waals surface area contributed by atoms with Gasteiger partial charge in [-0.05, 0) is 38.1 Å². The van der Waals surface area contributed by atoms with Crippen LogP contribution in [0.15, 0.2) is 18.2 Å². The number of piperazine rings is 1. The third-order valence-electron chi connectivity index (χ3n) is 6.50. The smallest absolute Gasteiger partial charge is 0.269 e. The summed E-state index contributed by atoms with van der Waals surface area (Å²) in [4.78, 5) is 30.9. The van der Waals surface area contributed by atoms with Crippen LogP contribution in [-0.2, 0) is 16.0 Å². The Hall–Kier alpha value is -2.23. The molecule has 4 rings (SSSR count). The molecule has 1 N–H and O–H groups in total. The summed E-state index contributed by atoms with van der Waals surface area (Å²) >= 11 is 0. The molecule has 0 bridgehead atoms. The summed E-state index contributed by atoms with van der Waals surface area (Å²) in [5.74, 6) is -0.148. The summed E-state index contributed by atoms with van der Waals surface area (Å²) in [6.07, 6.45) is 1.45. The maximum absolute atomic E-state index is 13.1. The number of ether oxygens (including phenoxy) is 1. The Balaban J connectivity index is 1.42. The molecule has 2 saturated heterocycles. The summed E-state index contributed by atoms with van der Waals surface area (Å²) < 4.78 is 5.37. The van der Waals surface area contributed by atoms with E-state index in [-0.39, 0.29) is 28.5 Å². The Kier molecular flexibility index (Phi) is 6.50. The number of amides is 1. The van der Waals surface area contributed by atoms with Crippen LogP contribution in [0.1, 0.15) is 12.0 Å². The number of nitrogens with one attached hydrogen (secondary N) is 1. The van der Waals surface area contributed by atoms with Gasteiger partial charge < -0.3 is 19.9 Å². The van der Waals surface area contributed by atoms with Gasteiger partial charge in [0.2, 0.25) is 5.91 Å². The van der Waals surface area contributed by atoms with Crippen molar-refractivity contribution in [2.24, 2.45) is 5.92 Å². The van der Waals surface area contributed by atoms with Gasteiger partial charge in [0.15, 0.2) is 0 Å². The number of nitrogens with zero attached hydrogens (tertiary/aromatic N) is 4. The van der Waals surface area contributed by atoms with E-state index in [2.05, 4.69) is 27.1 Å². The van der Waals surface area contributed by atoms with Crippen molar-refractivity contribution in [3.63, 3.8) is 0 Å². The Labute approximate surface area is 177 Å². The van der Waals surface area contributed by atoms with Gasteiger partial charge in [-0.3, -0.25) is 19.8 Å². The summed E-state index contributed by atoms with van der Waals surface area (Å²) in [6.45, 7) is 7.65. The molecule has 0 radical (unpaired) electrons. The maximum Gasteiger partial charge on any atom is 0.269 e. The highest BCUT2D eigenvalue weighted by atomic mass is 16.6. The van der Waals surface area contributed by atoms with E-state index < -0.39 is 0 Å². The van der Waals surface area contributed by atoms with Gasteiger partial charge in [-0.1, -0.05) is 0 Å². The van der Waals surface area contributed by atoms with Gasteiger partial charge in [0.05, 0.1) is 30.1 Å². The summed E-state index contributed by atoms with van der Waals surface area (Å²) in [5, 5.41) is 14.4. The first-order valence-corrected chi connectivity index (χ1v) is 10.8. The topological polar surface area (TPSA) is 91.2 Å². The number of likely N-dealkylation sites (N-methyl/N-ethyl adjacent to an activating group) is 1. The fourth-order valence-electron chi connectivity index (χ4n) is 4.84. The van der Waals surface area contributed by atoms with Crippen molar-refractivity contribution in [3.8, 4) is 0 Å². The minimum Gasteiger partial charge on any atom is -0.379 e. The number of rotatable bonds is 6. The second-order valence-electron chi connectivity index (χ2n) is 8.50. The third kappa shape index (κ3) is 4.58. The van der Waals surface area contributed by atoms with Crippen LogP contribution >= 0.6 is 0 Å². The molecule has 164 valence electrons. The molecule has 0 spiro atoms. The molecule has 2 unspecified atom stereocenters. The number of hydrogen-bond acceptors (Lipinski definition) is 7. The van der Waals surface area contributed by atoms with Crippen LogP contribution in [0.5, 0.6) is 0 Å². The van der Waals surface area contributed by atoms with Crippen molar-refractivity contribution in [3.05, 3.63) is 33.9 Å². The Morgan fingerprint density at radius 3 is 2.83 bits per heavy atom. The highest BCUT2D eigenvalue weighted by Crippen LogP contribution is 2.37. The molecule has 3 aliphatic heterocycles. The molecule has 9 nitrogen and oxygen atoms in total. The molecule has 3 heterocycles. The van der Waals surface area contributed by atoms with E-state index in [9.17, 15) is 14.9 Å². The third-order valence-corrected chi connectivity index (χ3v) is 6.50. The molecule has 1 aromatic carbocycles. The molecule has 0 aliphatic carbocycles. The monoisotopic (exact) mass is 417 g/mol. The Morgan fingerprint density at radius 2 is 2.07 bits per heavy atom. The van der Waals surface area contributed by atoms with E-state index >= 15 is 0 Å². The second-order valence-corrected chi connectivity index (χ2v) is 8.50. The van der Waals surface area contributed by atoms with Crippen molar-refractivity contribution >= 4 is 17.3 Å². The van der Waals surface area contributed by atoms with Gasteiger partial charge in [0, 0.05) is 57.1 Å². The zero-order chi connectivity index (χ0) is 21.1. The summed E-state index contributed by atoms with van der Waals surface area (Å²) in [7, 11) is 2.08. The van der Waals surface area contributed by atoms with Crippen molar-refractivity contribution in [1.82, 2.24) is 15.1 Å². The van der Waals surface area contributed by atoms with Crippen LogP contribution in [0.4, 0.5) is 11.4 Å². The average Bonchev–Trinajstić information content (AvgIpc) is 2.76. The molecular formula is C21H31N5O4. The lowest BCUT2D eigenvalue weighted by Crippen LogP contribution is -2.60. The van der Waals surface area contributed by atoms with E-state index in [0.29, 0.717) is 13.0 Å². The van der Waals surface area contributed by atoms with E-state index in [1.807, 2.05) is 6.07 Å². The van der Waals surface area contributed by atoms with Gasteiger partial charge in [-0.15, -0.1) is 0 Å². The maximum atomic E-state index is 13.1. The number of carbonyl (C=O) groups is 1. The first-order chi connectivity index (χ1) is 14.5. The molecule has 1 aromatic rings. The number of nitro groups is 1. The number of fused-ring (bicyclic) bond motifs is 3. The largest absolute Gasteiger partial charge is 0.379 e. The number of nitro benzene ring substituents is 1. The van der Waals surface area contributed by atoms with Crippen LogP contribution in [0.3, 0.4) is 0 Å². The van der Waals surface area contributed by atoms with E-state index in [0.717, 1.165) is 70.2 Å². The predicted molar refractivity (Wildman–Crippen MR) is 114 cm³/mol. The minimum absolute atomic E-state index is 0.0550. The number of benzene rings is 1. The molecule has 0 saturated carbocycles.